The molecule has 2 bridgehead atoms. The van der Waals surface area contributed by atoms with Crippen molar-refractivity contribution >= 4 is 17.6 Å². The Balaban J connectivity index is 1.80. The van der Waals surface area contributed by atoms with E-state index in [-0.39, 0.29) is 5.91 Å². The fourth-order valence-corrected chi connectivity index (χ4v) is 2.98. The highest BCUT2D eigenvalue weighted by molar-refractivity contribution is 5.97. The number of aliphatic carboxylic acids is 1. The summed E-state index contributed by atoms with van der Waals surface area (Å²) in [6.45, 7) is 2.33. The monoisotopic (exact) mass is 303 g/mol. The minimum Gasteiger partial charge on any atom is -0.492 e. The molecule has 2 aliphatic rings. The van der Waals surface area contributed by atoms with Gasteiger partial charge in [-0.3, -0.25) is 9.59 Å². The molecular formula is C16H17NO5. The second-order valence-electron chi connectivity index (χ2n) is 5.26. The molecule has 0 radical (unpaired) electrons. The van der Waals surface area contributed by atoms with Gasteiger partial charge in [0.1, 0.15) is 11.7 Å². The van der Waals surface area contributed by atoms with Crippen molar-refractivity contribution < 1.29 is 24.2 Å². The minimum absolute atomic E-state index is 0.364. The zero-order chi connectivity index (χ0) is 15.7. The highest BCUT2D eigenvalue weighted by atomic mass is 16.5. The van der Waals surface area contributed by atoms with E-state index < -0.39 is 30.0 Å². The first-order valence-corrected chi connectivity index (χ1v) is 7.21. The molecule has 1 fully saturated rings. The summed E-state index contributed by atoms with van der Waals surface area (Å²) in [5.41, 5.74) is 0.533. The molecule has 2 N–H and O–H groups in total. The van der Waals surface area contributed by atoms with Gasteiger partial charge in [0.05, 0.1) is 30.4 Å². The van der Waals surface area contributed by atoms with E-state index in [1.54, 1.807) is 30.4 Å². The van der Waals surface area contributed by atoms with Gasteiger partial charge in [-0.2, -0.15) is 0 Å². The van der Waals surface area contributed by atoms with E-state index in [0.29, 0.717) is 18.0 Å². The van der Waals surface area contributed by atoms with Gasteiger partial charge in [0.2, 0.25) is 5.91 Å². The molecule has 4 atom stereocenters. The number of rotatable bonds is 5. The molecule has 1 aromatic rings. The number of para-hydroxylation sites is 2. The maximum atomic E-state index is 12.5. The SMILES string of the molecule is CCOc1ccccc1NC(=O)[C@@H]1[C@@H](C(=O)O)[C@H]2C=C[C@H]1O2. The second kappa shape index (κ2) is 5.81. The maximum absolute atomic E-state index is 12.5. The number of fused-ring (bicyclic) bond motifs is 2. The van der Waals surface area contributed by atoms with Crippen LogP contribution in [0.2, 0.25) is 0 Å². The van der Waals surface area contributed by atoms with Crippen LogP contribution in [0.3, 0.4) is 0 Å². The number of nitrogens with one attached hydrogen (secondary N) is 1. The summed E-state index contributed by atoms with van der Waals surface area (Å²) in [5, 5.41) is 12.1. The average Bonchev–Trinajstić information content (AvgIpc) is 3.10. The van der Waals surface area contributed by atoms with Crippen LogP contribution in [0.25, 0.3) is 0 Å². The molecule has 1 amide bonds. The molecular weight excluding hydrogens is 286 g/mol. The molecule has 6 nitrogen and oxygen atoms in total. The molecule has 0 spiro atoms. The fraction of sp³-hybridized carbons (Fsp3) is 0.375. The molecule has 2 heterocycles. The topological polar surface area (TPSA) is 84.9 Å². The minimum atomic E-state index is -1.02. The highest BCUT2D eigenvalue weighted by Crippen LogP contribution is 2.40. The maximum Gasteiger partial charge on any atom is 0.310 e. The van der Waals surface area contributed by atoms with E-state index in [4.69, 9.17) is 9.47 Å². The third-order valence-electron chi connectivity index (χ3n) is 3.93. The molecule has 0 saturated carbocycles. The molecule has 0 aromatic heterocycles. The molecule has 116 valence electrons. The van der Waals surface area contributed by atoms with Crippen molar-refractivity contribution in [2.24, 2.45) is 11.8 Å². The summed E-state index contributed by atoms with van der Waals surface area (Å²) in [6, 6.07) is 7.07. The van der Waals surface area contributed by atoms with Crippen LogP contribution in [-0.2, 0) is 14.3 Å². The highest BCUT2D eigenvalue weighted by Gasteiger charge is 2.53. The normalized spacial score (nSPS) is 28.6. The summed E-state index contributed by atoms with van der Waals surface area (Å²) < 4.78 is 11.0. The Morgan fingerprint density at radius 1 is 1.23 bits per heavy atom. The number of carbonyl (C=O) groups is 2. The first-order valence-electron chi connectivity index (χ1n) is 7.21. The lowest BCUT2D eigenvalue weighted by Gasteiger charge is -2.21. The summed E-state index contributed by atoms with van der Waals surface area (Å²) in [6.07, 6.45) is 2.45. The number of carboxylic acid groups (broad SMARTS) is 1. The van der Waals surface area contributed by atoms with Gasteiger partial charge >= 0.3 is 5.97 Å². The smallest absolute Gasteiger partial charge is 0.310 e. The lowest BCUT2D eigenvalue weighted by atomic mass is 9.82. The zero-order valence-corrected chi connectivity index (χ0v) is 12.1. The fourth-order valence-electron chi connectivity index (χ4n) is 2.98. The Morgan fingerprint density at radius 3 is 2.59 bits per heavy atom. The number of amides is 1. The molecule has 2 aliphatic heterocycles. The van der Waals surface area contributed by atoms with Crippen LogP contribution in [0.15, 0.2) is 36.4 Å². The number of hydrogen-bond acceptors (Lipinski definition) is 4. The Morgan fingerprint density at radius 2 is 1.91 bits per heavy atom. The molecule has 0 unspecified atom stereocenters. The van der Waals surface area contributed by atoms with Gasteiger partial charge in [-0.25, -0.2) is 0 Å². The number of ether oxygens (including phenoxy) is 2. The van der Waals surface area contributed by atoms with Crippen LogP contribution in [-0.4, -0.2) is 35.8 Å². The summed E-state index contributed by atoms with van der Waals surface area (Å²) in [7, 11) is 0. The number of carbonyl (C=O) groups excluding carboxylic acids is 1. The van der Waals surface area contributed by atoms with Gasteiger partial charge in [-0.1, -0.05) is 24.3 Å². The summed E-state index contributed by atoms with van der Waals surface area (Å²) in [5.74, 6) is -2.41. The molecule has 6 heteroatoms. The lowest BCUT2D eigenvalue weighted by Crippen LogP contribution is -2.39. The molecule has 22 heavy (non-hydrogen) atoms. The van der Waals surface area contributed by atoms with Gasteiger partial charge < -0.3 is 19.9 Å². The number of benzene rings is 1. The molecule has 3 rings (SSSR count). The van der Waals surface area contributed by atoms with E-state index in [0.717, 1.165) is 0 Å². The summed E-state index contributed by atoms with van der Waals surface area (Å²) >= 11 is 0. The van der Waals surface area contributed by atoms with Crippen LogP contribution in [0, 0.1) is 11.8 Å². The van der Waals surface area contributed by atoms with Gasteiger partial charge in [0.25, 0.3) is 0 Å². The van der Waals surface area contributed by atoms with Gasteiger partial charge in [-0.05, 0) is 19.1 Å². The average molecular weight is 303 g/mol. The van der Waals surface area contributed by atoms with Crippen LogP contribution in [0.4, 0.5) is 5.69 Å². The first kappa shape index (κ1) is 14.6. The Hall–Kier alpha value is -2.34. The summed E-state index contributed by atoms with van der Waals surface area (Å²) in [4.78, 5) is 23.9. The third-order valence-corrected chi connectivity index (χ3v) is 3.93. The van der Waals surface area contributed by atoms with Crippen LogP contribution >= 0.6 is 0 Å². The van der Waals surface area contributed by atoms with E-state index in [9.17, 15) is 14.7 Å². The van der Waals surface area contributed by atoms with E-state index in [2.05, 4.69) is 5.32 Å². The quantitative estimate of drug-likeness (QED) is 0.808. The third kappa shape index (κ3) is 2.46. The molecule has 0 aliphatic carbocycles. The van der Waals surface area contributed by atoms with E-state index in [1.807, 2.05) is 13.0 Å². The van der Waals surface area contributed by atoms with Crippen molar-refractivity contribution in [3.8, 4) is 5.75 Å². The Kier molecular flexibility index (Phi) is 3.85. The van der Waals surface area contributed by atoms with Crippen molar-refractivity contribution in [3.63, 3.8) is 0 Å². The largest absolute Gasteiger partial charge is 0.492 e. The van der Waals surface area contributed by atoms with Crippen molar-refractivity contribution in [2.75, 3.05) is 11.9 Å². The van der Waals surface area contributed by atoms with Crippen LogP contribution in [0.1, 0.15) is 6.92 Å². The predicted molar refractivity (Wildman–Crippen MR) is 78.7 cm³/mol. The van der Waals surface area contributed by atoms with Gasteiger partial charge in [0, 0.05) is 0 Å². The number of anilines is 1. The number of hydrogen-bond donors (Lipinski definition) is 2. The Labute approximate surface area is 127 Å². The van der Waals surface area contributed by atoms with E-state index >= 15 is 0 Å². The zero-order valence-electron chi connectivity index (χ0n) is 12.1. The number of carboxylic acids is 1. The van der Waals surface area contributed by atoms with Crippen molar-refractivity contribution in [3.05, 3.63) is 36.4 Å². The first-order chi connectivity index (χ1) is 10.6. The van der Waals surface area contributed by atoms with Crippen LogP contribution < -0.4 is 10.1 Å². The van der Waals surface area contributed by atoms with Crippen molar-refractivity contribution in [1.82, 2.24) is 0 Å². The second-order valence-corrected chi connectivity index (χ2v) is 5.26. The molecule has 1 saturated heterocycles. The Bertz CT molecular complexity index is 627. The van der Waals surface area contributed by atoms with Crippen molar-refractivity contribution in [1.29, 1.82) is 0 Å². The van der Waals surface area contributed by atoms with Crippen molar-refractivity contribution in [2.45, 2.75) is 19.1 Å². The molecule has 1 aromatic carbocycles. The van der Waals surface area contributed by atoms with Crippen LogP contribution in [0.5, 0.6) is 5.75 Å². The lowest BCUT2D eigenvalue weighted by molar-refractivity contribution is -0.145. The van der Waals surface area contributed by atoms with Gasteiger partial charge in [-0.15, -0.1) is 0 Å². The predicted octanol–water partition coefficient (Wildman–Crippen LogP) is 1.68. The van der Waals surface area contributed by atoms with Gasteiger partial charge in [0.15, 0.2) is 0 Å². The standard InChI is InChI=1S/C16H17NO5/c1-2-21-10-6-4-3-5-9(10)17-15(18)13-11-7-8-12(22-11)14(13)16(19)20/h3-8,11-14H,2H2,1H3,(H,17,18)(H,19,20)/t11-,12-,13+,14+/m1/s1. The van der Waals surface area contributed by atoms with E-state index in [1.165, 1.54) is 0 Å².